The van der Waals surface area contributed by atoms with Crippen molar-refractivity contribution in [1.82, 2.24) is 40.4 Å². The standard InChI is InChI=1S/C46H56N10O6/c1-23(2)39(53-45(59)61-5)43(57)55-15-7-9-37(55)41-49-29-13-11-25(17-35(29)51-41)31-19-27-21-34-28(22-33(27)47-31)20-32(48-34)26-12-14-30-36(18-26)52-42(50-30)38-10-8-16-56(38)44(58)40(24(3)4)54-46(60)62-6/h11-14,17-18,21-24,31-32,37-40,47-48H,7-10,15-16,19-20H2,1-6H3,(H,49,51)(H,50,52)(H,53,59)(H,54,60). The normalized spacial score (nSPS) is 21.5. The number of anilines is 2. The van der Waals surface area contributed by atoms with Gasteiger partial charge in [0.1, 0.15) is 23.7 Å². The first-order valence-electron chi connectivity index (χ1n) is 21.9. The van der Waals surface area contributed by atoms with Crippen molar-refractivity contribution in [2.45, 2.75) is 102 Å². The summed E-state index contributed by atoms with van der Waals surface area (Å²) in [6, 6.07) is 15.7. The third kappa shape index (κ3) is 7.64. The van der Waals surface area contributed by atoms with Gasteiger partial charge in [-0.15, -0.1) is 0 Å². The third-order valence-corrected chi connectivity index (χ3v) is 13.2. The fourth-order valence-corrected chi connectivity index (χ4v) is 9.84. The smallest absolute Gasteiger partial charge is 0.407 e. The average Bonchev–Trinajstić information content (AvgIpc) is 4.12. The molecule has 16 heteroatoms. The number of H-pyrrole nitrogens is 2. The molecule has 2 saturated heterocycles. The zero-order valence-electron chi connectivity index (χ0n) is 36.1. The molecule has 0 radical (unpaired) electrons. The van der Waals surface area contributed by atoms with Crippen LogP contribution in [0.25, 0.3) is 22.1 Å². The highest BCUT2D eigenvalue weighted by Gasteiger charge is 2.39. The van der Waals surface area contributed by atoms with E-state index in [1.807, 2.05) is 49.6 Å². The van der Waals surface area contributed by atoms with Gasteiger partial charge in [-0.3, -0.25) is 9.59 Å². The van der Waals surface area contributed by atoms with Crippen molar-refractivity contribution in [3.05, 3.63) is 82.4 Å². The number of carbonyl (C=O) groups is 4. The van der Waals surface area contributed by atoms with Gasteiger partial charge in [-0.25, -0.2) is 19.6 Å². The number of likely N-dealkylation sites (tertiary alicyclic amines) is 2. The first kappa shape index (κ1) is 41.1. The largest absolute Gasteiger partial charge is 0.453 e. The molecule has 6 unspecified atom stereocenters. The Labute approximate surface area is 360 Å². The molecular formula is C46H56N10O6. The van der Waals surface area contributed by atoms with Crippen molar-refractivity contribution in [3.8, 4) is 0 Å². The van der Waals surface area contributed by atoms with E-state index >= 15 is 0 Å². The van der Waals surface area contributed by atoms with Crippen LogP contribution in [0.5, 0.6) is 0 Å². The molecule has 3 aromatic carbocycles. The molecule has 2 aromatic heterocycles. The van der Waals surface area contributed by atoms with E-state index in [0.717, 1.165) is 94.7 Å². The second-order valence-corrected chi connectivity index (χ2v) is 17.9. The molecule has 4 aliphatic heterocycles. The second kappa shape index (κ2) is 16.5. The van der Waals surface area contributed by atoms with E-state index in [4.69, 9.17) is 19.4 Å². The number of fused-ring (bicyclic) bond motifs is 4. The van der Waals surface area contributed by atoms with Crippen LogP contribution in [0, 0.1) is 11.8 Å². The predicted octanol–water partition coefficient (Wildman–Crippen LogP) is 6.95. The Morgan fingerprint density at radius 3 is 1.45 bits per heavy atom. The number of methoxy groups -OCH3 is 2. The van der Waals surface area contributed by atoms with Gasteiger partial charge in [0.05, 0.1) is 60.5 Å². The first-order valence-corrected chi connectivity index (χ1v) is 21.9. The van der Waals surface area contributed by atoms with E-state index in [0.29, 0.717) is 13.1 Å². The highest BCUT2D eigenvalue weighted by Crippen LogP contribution is 2.43. The van der Waals surface area contributed by atoms with E-state index in [-0.39, 0.29) is 47.8 Å². The second-order valence-electron chi connectivity index (χ2n) is 17.9. The molecule has 6 heterocycles. The minimum absolute atomic E-state index is 0.101. The molecule has 2 fully saturated rings. The number of alkyl carbamates (subject to hydrolysis) is 2. The third-order valence-electron chi connectivity index (χ3n) is 13.2. The van der Waals surface area contributed by atoms with Crippen LogP contribution in [-0.4, -0.2) is 93.1 Å². The topological polar surface area (TPSA) is 199 Å². The molecular weight excluding hydrogens is 789 g/mol. The Morgan fingerprint density at radius 2 is 1.06 bits per heavy atom. The summed E-state index contributed by atoms with van der Waals surface area (Å²) in [5, 5.41) is 13.0. The van der Waals surface area contributed by atoms with Crippen molar-refractivity contribution in [3.63, 3.8) is 0 Å². The fourth-order valence-electron chi connectivity index (χ4n) is 9.84. The lowest BCUT2D eigenvalue weighted by molar-refractivity contribution is -0.136. The quantitative estimate of drug-likeness (QED) is 0.0856. The molecule has 0 bridgehead atoms. The van der Waals surface area contributed by atoms with Gasteiger partial charge in [-0.05, 0) is 109 Å². The lowest BCUT2D eigenvalue weighted by Crippen LogP contribution is -2.51. The van der Waals surface area contributed by atoms with Crippen molar-refractivity contribution in [2.24, 2.45) is 11.8 Å². The van der Waals surface area contributed by atoms with Crippen LogP contribution < -0.4 is 21.3 Å². The van der Waals surface area contributed by atoms with Crippen LogP contribution in [0.15, 0.2) is 48.5 Å². The minimum atomic E-state index is -0.685. The number of nitrogens with zero attached hydrogens (tertiary/aromatic N) is 4. The summed E-state index contributed by atoms with van der Waals surface area (Å²) in [5.41, 5.74) is 10.7. The van der Waals surface area contributed by atoms with Crippen LogP contribution in [-0.2, 0) is 31.9 Å². The Morgan fingerprint density at radius 1 is 0.645 bits per heavy atom. The Kier molecular flexibility index (Phi) is 10.9. The molecule has 326 valence electrons. The number of imidazole rings is 2. The summed E-state index contributed by atoms with van der Waals surface area (Å²) in [6.45, 7) is 8.86. The minimum Gasteiger partial charge on any atom is -0.453 e. The molecule has 4 aliphatic rings. The van der Waals surface area contributed by atoms with E-state index < -0.39 is 24.3 Å². The number of aromatic nitrogens is 4. The number of nitrogens with one attached hydrogen (secondary N) is 6. The molecule has 0 saturated carbocycles. The van der Waals surface area contributed by atoms with Crippen molar-refractivity contribution < 1.29 is 28.7 Å². The number of rotatable bonds is 10. The zero-order chi connectivity index (χ0) is 43.4. The summed E-state index contributed by atoms with van der Waals surface area (Å²) in [4.78, 5) is 72.1. The Bertz CT molecular complexity index is 2340. The van der Waals surface area contributed by atoms with Gasteiger partial charge in [0.15, 0.2) is 0 Å². The van der Waals surface area contributed by atoms with Gasteiger partial charge < -0.3 is 50.5 Å². The Balaban J connectivity index is 0.861. The number of hydrogen-bond donors (Lipinski definition) is 6. The summed E-state index contributed by atoms with van der Waals surface area (Å²) in [6.07, 6.45) is 3.75. The number of amides is 4. The van der Waals surface area contributed by atoms with Gasteiger partial charge in [0, 0.05) is 24.5 Å². The summed E-state index contributed by atoms with van der Waals surface area (Å²) in [5.74, 6) is 1.06. The van der Waals surface area contributed by atoms with E-state index in [2.05, 4.69) is 67.6 Å². The molecule has 5 aromatic rings. The van der Waals surface area contributed by atoms with Crippen LogP contribution in [0.3, 0.4) is 0 Å². The number of benzene rings is 3. The van der Waals surface area contributed by atoms with Gasteiger partial charge >= 0.3 is 12.2 Å². The van der Waals surface area contributed by atoms with E-state index in [1.165, 1.54) is 25.3 Å². The molecule has 4 amide bonds. The Hall–Kier alpha value is -6.32. The maximum Gasteiger partial charge on any atom is 0.407 e. The van der Waals surface area contributed by atoms with Gasteiger partial charge in [0.2, 0.25) is 11.8 Å². The first-order chi connectivity index (χ1) is 29.9. The lowest BCUT2D eigenvalue weighted by Gasteiger charge is -2.29. The fraction of sp³-hybridized carbons (Fsp3) is 0.478. The summed E-state index contributed by atoms with van der Waals surface area (Å²) >= 11 is 0. The van der Waals surface area contributed by atoms with Crippen LogP contribution in [0.1, 0.15) is 111 Å². The zero-order valence-corrected chi connectivity index (χ0v) is 36.1. The maximum atomic E-state index is 13.7. The number of carbonyl (C=O) groups excluding carboxylic acids is 4. The van der Waals surface area contributed by atoms with Crippen LogP contribution in [0.4, 0.5) is 21.0 Å². The van der Waals surface area contributed by atoms with Gasteiger partial charge in [0.25, 0.3) is 0 Å². The monoisotopic (exact) mass is 844 g/mol. The number of aromatic amines is 2. The molecule has 16 nitrogen and oxygen atoms in total. The van der Waals surface area contributed by atoms with Crippen molar-refractivity contribution in [1.29, 1.82) is 0 Å². The summed E-state index contributed by atoms with van der Waals surface area (Å²) < 4.78 is 9.58. The van der Waals surface area contributed by atoms with Crippen molar-refractivity contribution in [2.75, 3.05) is 37.9 Å². The number of ether oxygens (including phenoxy) is 2. The molecule has 62 heavy (non-hydrogen) atoms. The van der Waals surface area contributed by atoms with E-state index in [9.17, 15) is 19.2 Å². The molecule has 0 aliphatic carbocycles. The highest BCUT2D eigenvalue weighted by atomic mass is 16.5. The van der Waals surface area contributed by atoms with E-state index in [1.54, 1.807) is 0 Å². The molecule has 9 rings (SSSR count). The summed E-state index contributed by atoms with van der Waals surface area (Å²) in [7, 11) is 2.60. The predicted molar refractivity (Wildman–Crippen MR) is 234 cm³/mol. The van der Waals surface area contributed by atoms with Gasteiger partial charge in [-0.2, -0.15) is 0 Å². The lowest BCUT2D eigenvalue weighted by atomic mass is 10.00. The van der Waals surface area contributed by atoms with Crippen LogP contribution in [0.2, 0.25) is 0 Å². The highest BCUT2D eigenvalue weighted by molar-refractivity contribution is 5.88. The average molecular weight is 845 g/mol. The molecule has 0 spiro atoms. The number of hydrogen-bond acceptors (Lipinski definition) is 10. The molecule has 6 atom stereocenters. The van der Waals surface area contributed by atoms with Crippen molar-refractivity contribution >= 4 is 57.4 Å². The SMILES string of the molecule is COC(=O)NC(C(=O)N1CCCC1c1nc2ccc(C3Cc4cc5c(cc4N3)CC(c3ccc4nc(C6CCCN6C(=O)C(NC(=O)OC)C(C)C)[nH]c4c3)N5)cc2[nH]1)C(C)C. The molecule has 6 N–H and O–H groups in total. The maximum absolute atomic E-state index is 13.7. The van der Waals surface area contributed by atoms with Crippen LogP contribution >= 0.6 is 0 Å². The van der Waals surface area contributed by atoms with Gasteiger partial charge in [-0.1, -0.05) is 39.8 Å².